The zero-order valence-electron chi connectivity index (χ0n) is 14.1. The number of benzene rings is 2. The number of nitrogens with zero attached hydrogens (tertiary/aromatic N) is 2. The van der Waals surface area contributed by atoms with Crippen molar-refractivity contribution < 1.29 is 18.0 Å². The monoisotopic (exact) mass is 426 g/mol. The smallest absolute Gasteiger partial charge is 0.264 e. The molecule has 2 rings (SSSR count). The highest BCUT2D eigenvalue weighted by molar-refractivity contribution is 9.10. The second kappa shape index (κ2) is 8.09. The molecule has 0 fully saturated rings. The predicted molar refractivity (Wildman–Crippen MR) is 98.3 cm³/mol. The fourth-order valence-corrected chi connectivity index (χ4v) is 3.57. The topological polar surface area (TPSA) is 66.9 Å². The van der Waals surface area contributed by atoms with Crippen LogP contribution >= 0.6 is 15.9 Å². The Labute approximate surface area is 156 Å². The zero-order valence-corrected chi connectivity index (χ0v) is 16.5. The number of halogens is 1. The maximum Gasteiger partial charge on any atom is 0.264 e. The van der Waals surface area contributed by atoms with Crippen LogP contribution in [0.3, 0.4) is 0 Å². The molecule has 0 aliphatic rings. The van der Waals surface area contributed by atoms with Crippen LogP contribution in [-0.2, 0) is 21.4 Å². The first-order valence-electron chi connectivity index (χ1n) is 7.39. The van der Waals surface area contributed by atoms with Crippen molar-refractivity contribution in [2.24, 2.45) is 0 Å². The van der Waals surface area contributed by atoms with Crippen LogP contribution in [0.25, 0.3) is 0 Å². The van der Waals surface area contributed by atoms with E-state index in [0.29, 0.717) is 12.1 Å². The van der Waals surface area contributed by atoms with E-state index in [9.17, 15) is 13.2 Å². The maximum absolute atomic E-state index is 12.5. The van der Waals surface area contributed by atoms with E-state index in [4.69, 9.17) is 4.84 Å². The molecule has 0 spiro atoms. The van der Waals surface area contributed by atoms with Crippen molar-refractivity contribution in [2.45, 2.75) is 11.4 Å². The molecule has 6 nitrogen and oxygen atoms in total. The molecule has 134 valence electrons. The third kappa shape index (κ3) is 4.46. The summed E-state index contributed by atoms with van der Waals surface area (Å²) in [6.45, 7) is 0.437. The number of rotatable bonds is 6. The summed E-state index contributed by atoms with van der Waals surface area (Å²) in [7, 11) is 0.549. The first-order valence-corrected chi connectivity index (χ1v) is 9.62. The molecular weight excluding hydrogens is 408 g/mol. The van der Waals surface area contributed by atoms with Gasteiger partial charge in [-0.3, -0.25) is 9.63 Å². The molecule has 25 heavy (non-hydrogen) atoms. The molecule has 2 aromatic carbocycles. The standard InChI is InChI=1S/C17H19BrN2O4S/c1-19(12-14-6-4-5-7-16(14)18)17(21)13-8-10-15(11-9-13)25(22,23)20(2)24-3/h4-11H,12H2,1-3H3. The summed E-state index contributed by atoms with van der Waals surface area (Å²) in [4.78, 5) is 18.9. The van der Waals surface area contributed by atoms with Gasteiger partial charge >= 0.3 is 0 Å². The number of hydroxylamine groups is 1. The van der Waals surface area contributed by atoms with Gasteiger partial charge in [-0.2, -0.15) is 0 Å². The van der Waals surface area contributed by atoms with E-state index >= 15 is 0 Å². The third-order valence-corrected chi connectivity index (χ3v) is 6.17. The molecule has 0 unspecified atom stereocenters. The molecule has 0 aliphatic heterocycles. The number of amides is 1. The molecule has 0 atom stereocenters. The van der Waals surface area contributed by atoms with Gasteiger partial charge in [-0.25, -0.2) is 8.42 Å². The van der Waals surface area contributed by atoms with E-state index in [1.54, 1.807) is 11.9 Å². The summed E-state index contributed by atoms with van der Waals surface area (Å²) in [5, 5.41) is 0. The Balaban J connectivity index is 2.16. The van der Waals surface area contributed by atoms with Crippen LogP contribution in [0.1, 0.15) is 15.9 Å². The van der Waals surface area contributed by atoms with Crippen LogP contribution in [0, 0.1) is 0 Å². The minimum absolute atomic E-state index is 0.0573. The van der Waals surface area contributed by atoms with Crippen molar-refractivity contribution in [3.05, 3.63) is 64.1 Å². The first-order chi connectivity index (χ1) is 11.8. The Morgan fingerprint density at radius 3 is 2.24 bits per heavy atom. The highest BCUT2D eigenvalue weighted by Crippen LogP contribution is 2.19. The summed E-state index contributed by atoms with van der Waals surface area (Å²) >= 11 is 3.46. The molecular formula is C17H19BrN2O4S. The molecule has 0 saturated carbocycles. The Hall–Kier alpha value is -1.74. The summed E-state index contributed by atoms with van der Waals surface area (Å²) in [6, 6.07) is 13.4. The van der Waals surface area contributed by atoms with E-state index in [1.807, 2.05) is 24.3 Å². The Kier molecular flexibility index (Phi) is 6.34. The second-order valence-electron chi connectivity index (χ2n) is 5.37. The lowest BCUT2D eigenvalue weighted by Crippen LogP contribution is -2.27. The molecule has 0 heterocycles. The summed E-state index contributed by atoms with van der Waals surface area (Å²) in [5.74, 6) is -0.195. The third-order valence-electron chi connectivity index (χ3n) is 3.71. The maximum atomic E-state index is 12.5. The van der Waals surface area contributed by atoms with Crippen molar-refractivity contribution in [1.29, 1.82) is 0 Å². The van der Waals surface area contributed by atoms with Crippen LogP contribution in [0.2, 0.25) is 0 Å². The number of carbonyl (C=O) groups is 1. The Morgan fingerprint density at radius 1 is 1.08 bits per heavy atom. The second-order valence-corrected chi connectivity index (χ2v) is 8.16. The highest BCUT2D eigenvalue weighted by atomic mass is 79.9. The van der Waals surface area contributed by atoms with Crippen LogP contribution < -0.4 is 0 Å². The van der Waals surface area contributed by atoms with E-state index in [2.05, 4.69) is 15.9 Å². The van der Waals surface area contributed by atoms with Gasteiger partial charge in [0, 0.05) is 30.7 Å². The van der Waals surface area contributed by atoms with Gasteiger partial charge in [0.25, 0.3) is 15.9 Å². The van der Waals surface area contributed by atoms with Crippen molar-refractivity contribution in [2.75, 3.05) is 21.2 Å². The van der Waals surface area contributed by atoms with E-state index in [1.165, 1.54) is 38.4 Å². The van der Waals surface area contributed by atoms with Crippen LogP contribution in [0.4, 0.5) is 0 Å². The minimum atomic E-state index is -3.73. The molecule has 0 N–H and O–H groups in total. The molecule has 0 bridgehead atoms. The summed E-state index contributed by atoms with van der Waals surface area (Å²) < 4.78 is 26.0. The quantitative estimate of drug-likeness (QED) is 0.665. The molecule has 0 radical (unpaired) electrons. The van der Waals surface area contributed by atoms with Gasteiger partial charge in [0.1, 0.15) is 0 Å². The van der Waals surface area contributed by atoms with Gasteiger partial charge in [0.05, 0.1) is 12.0 Å². The number of hydrogen-bond acceptors (Lipinski definition) is 4. The van der Waals surface area contributed by atoms with Gasteiger partial charge in [-0.15, -0.1) is 0 Å². The normalized spacial score (nSPS) is 11.6. The fourth-order valence-electron chi connectivity index (χ4n) is 2.19. The highest BCUT2D eigenvalue weighted by Gasteiger charge is 2.21. The summed E-state index contributed by atoms with van der Waals surface area (Å²) in [5.41, 5.74) is 1.40. The Bertz CT molecular complexity index is 853. The lowest BCUT2D eigenvalue weighted by molar-refractivity contribution is -0.0258. The molecule has 1 amide bonds. The van der Waals surface area contributed by atoms with Crippen molar-refractivity contribution >= 4 is 31.9 Å². The fraction of sp³-hybridized carbons (Fsp3) is 0.235. The lowest BCUT2D eigenvalue weighted by atomic mass is 10.1. The largest absolute Gasteiger partial charge is 0.337 e. The molecule has 2 aromatic rings. The minimum Gasteiger partial charge on any atom is -0.337 e. The molecule has 0 aromatic heterocycles. The van der Waals surface area contributed by atoms with E-state index < -0.39 is 10.0 Å². The molecule has 8 heteroatoms. The average Bonchev–Trinajstić information content (AvgIpc) is 2.62. The van der Waals surface area contributed by atoms with Crippen LogP contribution in [-0.4, -0.2) is 44.9 Å². The molecule has 0 aliphatic carbocycles. The van der Waals surface area contributed by atoms with Crippen molar-refractivity contribution in [1.82, 2.24) is 9.37 Å². The van der Waals surface area contributed by atoms with E-state index in [0.717, 1.165) is 14.5 Å². The van der Waals surface area contributed by atoms with Gasteiger partial charge in [0.15, 0.2) is 0 Å². The van der Waals surface area contributed by atoms with Gasteiger partial charge in [0.2, 0.25) is 0 Å². The van der Waals surface area contributed by atoms with Gasteiger partial charge in [-0.05, 0) is 35.9 Å². The Morgan fingerprint density at radius 2 is 1.68 bits per heavy atom. The number of carbonyl (C=O) groups excluding carboxylic acids is 1. The van der Waals surface area contributed by atoms with Crippen molar-refractivity contribution in [3.63, 3.8) is 0 Å². The zero-order chi connectivity index (χ0) is 18.6. The van der Waals surface area contributed by atoms with Crippen LogP contribution in [0.5, 0.6) is 0 Å². The predicted octanol–water partition coefficient (Wildman–Crippen LogP) is 2.90. The molecule has 0 saturated heterocycles. The summed E-state index contributed by atoms with van der Waals surface area (Å²) in [6.07, 6.45) is 0. The lowest BCUT2D eigenvalue weighted by Gasteiger charge is -2.19. The number of hydrogen-bond donors (Lipinski definition) is 0. The SMILES string of the molecule is CON(C)S(=O)(=O)c1ccc(C(=O)N(C)Cc2ccccc2Br)cc1. The van der Waals surface area contributed by atoms with Gasteiger partial charge < -0.3 is 4.90 Å². The average molecular weight is 427 g/mol. The van der Waals surface area contributed by atoms with Crippen LogP contribution in [0.15, 0.2) is 57.9 Å². The number of sulfonamides is 1. The van der Waals surface area contributed by atoms with Gasteiger partial charge in [-0.1, -0.05) is 38.6 Å². The van der Waals surface area contributed by atoms with Crippen molar-refractivity contribution in [3.8, 4) is 0 Å². The van der Waals surface area contributed by atoms with E-state index in [-0.39, 0.29) is 10.8 Å². The first kappa shape index (κ1) is 19.6.